The minimum atomic E-state index is -1.28. The Morgan fingerprint density at radius 3 is 1.93 bits per heavy atom. The lowest BCUT2D eigenvalue weighted by Gasteiger charge is -2.52. The molecule has 5 heteroatoms. The van der Waals surface area contributed by atoms with Crippen LogP contribution in [-0.2, 0) is 10.2 Å². The second kappa shape index (κ2) is 7.33. The number of methoxy groups -OCH3 is 2. The Kier molecular flexibility index (Phi) is 4.69. The molecule has 29 heavy (non-hydrogen) atoms. The highest BCUT2D eigenvalue weighted by atomic mass is 16.5. The summed E-state index contributed by atoms with van der Waals surface area (Å²) in [5, 5.41) is 10.2. The number of benzene rings is 3. The average molecular weight is 384 g/mol. The zero-order valence-electron chi connectivity index (χ0n) is 16.2. The molecule has 3 aromatic rings. The van der Waals surface area contributed by atoms with Gasteiger partial charge in [-0.15, -0.1) is 0 Å². The molecular formula is C24H20N2O3. The lowest BCUT2D eigenvalue weighted by Crippen LogP contribution is -2.66. The first kappa shape index (κ1) is 18.6. The molecule has 0 radical (unpaired) electrons. The molecule has 2 atom stereocenters. The molecule has 0 bridgehead atoms. The third-order valence-corrected chi connectivity index (χ3v) is 5.41. The molecule has 5 nitrogen and oxygen atoms in total. The van der Waals surface area contributed by atoms with Crippen LogP contribution in [0.4, 0.5) is 5.69 Å². The molecule has 1 aliphatic heterocycles. The Hall–Kier alpha value is -3.78. The number of ether oxygens (including phenoxy) is 2. The highest BCUT2D eigenvalue weighted by Gasteiger charge is 2.63. The number of carbonyl (C=O) groups excluding carboxylic acids is 1. The fraction of sp³-hybridized carbons (Fsp3) is 0.167. The second-order valence-electron chi connectivity index (χ2n) is 6.83. The maximum atomic E-state index is 13.4. The summed E-state index contributed by atoms with van der Waals surface area (Å²) < 4.78 is 10.5. The molecule has 0 N–H and O–H groups in total. The molecule has 1 aliphatic rings. The fourth-order valence-corrected chi connectivity index (χ4v) is 3.90. The van der Waals surface area contributed by atoms with Crippen molar-refractivity contribution < 1.29 is 14.3 Å². The van der Waals surface area contributed by atoms with E-state index in [0.29, 0.717) is 11.3 Å². The molecule has 0 aromatic heterocycles. The number of rotatable bonds is 5. The van der Waals surface area contributed by atoms with Crippen LogP contribution in [0.25, 0.3) is 0 Å². The van der Waals surface area contributed by atoms with E-state index in [1.54, 1.807) is 19.1 Å². The van der Waals surface area contributed by atoms with E-state index in [0.717, 1.165) is 17.0 Å². The molecule has 0 saturated carbocycles. The van der Waals surface area contributed by atoms with Gasteiger partial charge < -0.3 is 14.4 Å². The van der Waals surface area contributed by atoms with E-state index in [9.17, 15) is 10.1 Å². The SMILES string of the molecule is COc1ccc([C@H]2N(c3ccc(OC)cc3)C(=O)[C@]2(C#N)c2ccccc2)cc1. The predicted octanol–water partition coefficient (Wildman–Crippen LogP) is 4.25. The maximum absolute atomic E-state index is 13.4. The van der Waals surface area contributed by atoms with E-state index >= 15 is 0 Å². The first-order valence-corrected chi connectivity index (χ1v) is 9.24. The molecule has 0 aliphatic carbocycles. The summed E-state index contributed by atoms with van der Waals surface area (Å²) in [7, 11) is 3.20. The Morgan fingerprint density at radius 1 is 0.862 bits per heavy atom. The topological polar surface area (TPSA) is 62.6 Å². The molecule has 144 valence electrons. The zero-order chi connectivity index (χ0) is 20.4. The van der Waals surface area contributed by atoms with Gasteiger partial charge in [0.1, 0.15) is 11.5 Å². The van der Waals surface area contributed by atoms with E-state index in [1.807, 2.05) is 78.9 Å². The van der Waals surface area contributed by atoms with E-state index in [4.69, 9.17) is 9.47 Å². The third kappa shape index (κ3) is 2.81. The van der Waals surface area contributed by atoms with Gasteiger partial charge in [-0.2, -0.15) is 5.26 Å². The summed E-state index contributed by atoms with van der Waals surface area (Å²) in [5.41, 5.74) is 0.999. The highest BCUT2D eigenvalue weighted by molar-refractivity contribution is 6.12. The Bertz CT molecular complexity index is 1060. The molecule has 0 unspecified atom stereocenters. The van der Waals surface area contributed by atoms with Crippen molar-refractivity contribution in [3.63, 3.8) is 0 Å². The van der Waals surface area contributed by atoms with Gasteiger partial charge in [0, 0.05) is 5.69 Å². The van der Waals surface area contributed by atoms with E-state index < -0.39 is 11.5 Å². The molecule has 3 aromatic carbocycles. The monoisotopic (exact) mass is 384 g/mol. The number of anilines is 1. The Labute approximate surface area is 169 Å². The van der Waals surface area contributed by atoms with Crippen molar-refractivity contribution in [3.8, 4) is 17.6 Å². The Morgan fingerprint density at radius 2 is 1.41 bits per heavy atom. The number of nitrogens with zero attached hydrogens (tertiary/aromatic N) is 2. The van der Waals surface area contributed by atoms with Crippen LogP contribution in [0.15, 0.2) is 78.9 Å². The lowest BCUT2D eigenvalue weighted by atomic mass is 9.64. The van der Waals surface area contributed by atoms with E-state index in [-0.39, 0.29) is 5.91 Å². The van der Waals surface area contributed by atoms with Gasteiger partial charge >= 0.3 is 0 Å². The smallest absolute Gasteiger partial charge is 0.255 e. The molecular weight excluding hydrogens is 364 g/mol. The van der Waals surface area contributed by atoms with Gasteiger partial charge in [-0.05, 0) is 47.5 Å². The standard InChI is InChI=1S/C24H20N2O3/c1-28-20-12-8-17(9-13-20)22-24(16-25,18-6-4-3-5-7-18)23(27)26(22)19-10-14-21(29-2)15-11-19/h3-15,22H,1-2H3/t22-,24-/m1/s1. The summed E-state index contributed by atoms with van der Waals surface area (Å²) in [6.07, 6.45) is 0. The number of amides is 1. The zero-order valence-corrected chi connectivity index (χ0v) is 16.2. The third-order valence-electron chi connectivity index (χ3n) is 5.41. The lowest BCUT2D eigenvalue weighted by molar-refractivity contribution is -0.130. The van der Waals surface area contributed by atoms with Crippen LogP contribution in [0.3, 0.4) is 0 Å². The van der Waals surface area contributed by atoms with Crippen molar-refractivity contribution in [2.45, 2.75) is 11.5 Å². The van der Waals surface area contributed by atoms with Gasteiger partial charge in [0.15, 0.2) is 5.41 Å². The van der Waals surface area contributed by atoms with Crippen molar-refractivity contribution in [2.75, 3.05) is 19.1 Å². The first-order valence-electron chi connectivity index (χ1n) is 9.24. The molecule has 1 amide bonds. The summed E-state index contributed by atoms with van der Waals surface area (Å²) in [6.45, 7) is 0. The summed E-state index contributed by atoms with van der Waals surface area (Å²) in [6, 6.07) is 25.9. The van der Waals surface area contributed by atoms with E-state index in [1.165, 1.54) is 0 Å². The van der Waals surface area contributed by atoms with Gasteiger partial charge in [0.05, 0.1) is 26.3 Å². The quantitative estimate of drug-likeness (QED) is 0.617. The van der Waals surface area contributed by atoms with Crippen LogP contribution in [0, 0.1) is 11.3 Å². The molecule has 1 saturated heterocycles. The number of carbonyl (C=O) groups is 1. The maximum Gasteiger partial charge on any atom is 0.255 e. The van der Waals surface area contributed by atoms with Crippen molar-refractivity contribution >= 4 is 11.6 Å². The highest BCUT2D eigenvalue weighted by Crippen LogP contribution is 2.53. The fourth-order valence-electron chi connectivity index (χ4n) is 3.90. The number of hydrogen-bond acceptors (Lipinski definition) is 4. The minimum absolute atomic E-state index is 0.239. The van der Waals surface area contributed by atoms with Gasteiger partial charge in [0.25, 0.3) is 5.91 Å². The van der Waals surface area contributed by atoms with Gasteiger partial charge in [-0.1, -0.05) is 42.5 Å². The average Bonchev–Trinajstić information content (AvgIpc) is 2.79. The van der Waals surface area contributed by atoms with Crippen LogP contribution >= 0.6 is 0 Å². The summed E-state index contributed by atoms with van der Waals surface area (Å²) >= 11 is 0. The number of β-lactam (4-membered cyclic amide) rings is 1. The van der Waals surface area contributed by atoms with E-state index in [2.05, 4.69) is 6.07 Å². The second-order valence-corrected chi connectivity index (χ2v) is 6.83. The molecule has 1 fully saturated rings. The van der Waals surface area contributed by atoms with Gasteiger partial charge in [-0.25, -0.2) is 0 Å². The molecule has 1 heterocycles. The van der Waals surface area contributed by atoms with Crippen LogP contribution in [0.5, 0.6) is 11.5 Å². The van der Waals surface area contributed by atoms with Crippen molar-refractivity contribution in [1.82, 2.24) is 0 Å². The Balaban J connectivity index is 1.85. The van der Waals surface area contributed by atoms with Crippen molar-refractivity contribution in [3.05, 3.63) is 90.0 Å². The summed E-state index contributed by atoms with van der Waals surface area (Å²) in [4.78, 5) is 15.1. The normalized spacial score (nSPS) is 20.5. The molecule has 4 rings (SSSR count). The van der Waals surface area contributed by atoms with Crippen molar-refractivity contribution in [1.29, 1.82) is 5.26 Å². The van der Waals surface area contributed by atoms with Gasteiger partial charge in [0.2, 0.25) is 0 Å². The van der Waals surface area contributed by atoms with Crippen molar-refractivity contribution in [2.24, 2.45) is 0 Å². The molecule has 0 spiro atoms. The van der Waals surface area contributed by atoms with Crippen LogP contribution in [-0.4, -0.2) is 20.1 Å². The number of hydrogen-bond donors (Lipinski definition) is 0. The summed E-state index contributed by atoms with van der Waals surface area (Å²) in [5.74, 6) is 1.19. The van der Waals surface area contributed by atoms with Crippen LogP contribution in [0.1, 0.15) is 17.2 Å². The largest absolute Gasteiger partial charge is 0.497 e. The van der Waals surface area contributed by atoms with Crippen LogP contribution in [0.2, 0.25) is 0 Å². The minimum Gasteiger partial charge on any atom is -0.497 e. The number of nitriles is 1. The predicted molar refractivity (Wildman–Crippen MR) is 110 cm³/mol. The van der Waals surface area contributed by atoms with Gasteiger partial charge in [-0.3, -0.25) is 4.79 Å². The van der Waals surface area contributed by atoms with Crippen LogP contribution < -0.4 is 14.4 Å². The first-order chi connectivity index (χ1) is 14.2.